The predicted molar refractivity (Wildman–Crippen MR) is 72.9 cm³/mol. The largest absolute Gasteiger partial charge is 0.510 e. The van der Waals surface area contributed by atoms with Crippen molar-refractivity contribution in [3.63, 3.8) is 0 Å². The third-order valence-corrected chi connectivity index (χ3v) is 2.35. The zero-order chi connectivity index (χ0) is 15.1. The summed E-state index contributed by atoms with van der Waals surface area (Å²) >= 11 is 0. The predicted octanol–water partition coefficient (Wildman–Crippen LogP) is 3.33. The van der Waals surface area contributed by atoms with Crippen molar-refractivity contribution in [2.24, 2.45) is 10.2 Å². The minimum atomic E-state index is -0.739. The van der Waals surface area contributed by atoms with Crippen LogP contribution in [0.3, 0.4) is 0 Å². The number of hydrogen-bond acceptors (Lipinski definition) is 6. The molecule has 1 aromatic rings. The molecule has 6 heteroatoms. The molecule has 1 rings (SSSR count). The fourth-order valence-corrected chi connectivity index (χ4v) is 1.33. The lowest BCUT2D eigenvalue weighted by Gasteiger charge is -2.02. The zero-order valence-electron chi connectivity index (χ0n) is 11.6. The van der Waals surface area contributed by atoms with E-state index in [2.05, 4.69) is 10.2 Å². The fourth-order valence-electron chi connectivity index (χ4n) is 1.33. The second-order valence-electron chi connectivity index (χ2n) is 3.96. The van der Waals surface area contributed by atoms with E-state index in [-0.39, 0.29) is 23.8 Å². The Bertz CT molecular complexity index is 555. The van der Waals surface area contributed by atoms with E-state index in [4.69, 9.17) is 4.74 Å². The van der Waals surface area contributed by atoms with Crippen LogP contribution in [0.1, 0.15) is 31.1 Å². The Morgan fingerprint density at radius 2 is 1.80 bits per heavy atom. The summed E-state index contributed by atoms with van der Waals surface area (Å²) < 4.78 is 4.75. The molecular formula is C14H16N2O4. The molecule has 0 aliphatic heterocycles. The number of hydrogen-bond donors (Lipinski definition) is 1. The van der Waals surface area contributed by atoms with Crippen LogP contribution in [0.5, 0.6) is 0 Å². The Morgan fingerprint density at radius 3 is 2.25 bits per heavy atom. The number of esters is 1. The molecule has 0 aromatic heterocycles. The Morgan fingerprint density at radius 1 is 1.20 bits per heavy atom. The van der Waals surface area contributed by atoms with Gasteiger partial charge in [0.25, 0.3) is 0 Å². The number of nitrogens with zero attached hydrogens (tertiary/aromatic N) is 2. The van der Waals surface area contributed by atoms with E-state index in [9.17, 15) is 14.7 Å². The van der Waals surface area contributed by atoms with Gasteiger partial charge >= 0.3 is 5.97 Å². The Labute approximate surface area is 116 Å². The van der Waals surface area contributed by atoms with Crippen molar-refractivity contribution in [1.82, 2.24) is 0 Å². The first-order chi connectivity index (χ1) is 9.45. The van der Waals surface area contributed by atoms with Crippen LogP contribution in [-0.2, 0) is 9.53 Å². The van der Waals surface area contributed by atoms with Gasteiger partial charge in [-0.15, -0.1) is 5.11 Å². The van der Waals surface area contributed by atoms with Gasteiger partial charge in [-0.1, -0.05) is 0 Å². The summed E-state index contributed by atoms with van der Waals surface area (Å²) in [4.78, 5) is 22.6. The molecule has 6 nitrogen and oxygen atoms in total. The Hall–Kier alpha value is -2.50. The highest BCUT2D eigenvalue weighted by Crippen LogP contribution is 2.16. The first-order valence-corrected chi connectivity index (χ1v) is 6.05. The van der Waals surface area contributed by atoms with E-state index >= 15 is 0 Å². The van der Waals surface area contributed by atoms with Crippen LogP contribution in [0, 0.1) is 0 Å². The number of Topliss-reactive ketones (excluding diaryl/α,β-unsaturated/α-hetero) is 1. The number of allylic oxidation sites excluding steroid dienone is 1. The van der Waals surface area contributed by atoms with Crippen LogP contribution in [0.2, 0.25) is 0 Å². The van der Waals surface area contributed by atoms with Gasteiger partial charge in [0, 0.05) is 5.56 Å². The van der Waals surface area contributed by atoms with Crippen LogP contribution in [0.25, 0.3) is 0 Å². The van der Waals surface area contributed by atoms with Gasteiger partial charge < -0.3 is 9.84 Å². The molecule has 106 valence electrons. The third-order valence-electron chi connectivity index (χ3n) is 2.35. The maximum atomic E-state index is 11.5. The molecular weight excluding hydrogens is 260 g/mol. The van der Waals surface area contributed by atoms with Crippen molar-refractivity contribution >= 4 is 17.4 Å². The van der Waals surface area contributed by atoms with Crippen LogP contribution >= 0.6 is 0 Å². The summed E-state index contributed by atoms with van der Waals surface area (Å²) in [6.07, 6.45) is 0. The number of aliphatic hydroxyl groups excluding tert-OH is 1. The van der Waals surface area contributed by atoms with Crippen molar-refractivity contribution in [3.05, 3.63) is 41.3 Å². The van der Waals surface area contributed by atoms with Crippen LogP contribution in [0.15, 0.2) is 46.0 Å². The van der Waals surface area contributed by atoms with Gasteiger partial charge in [0.15, 0.2) is 5.78 Å². The summed E-state index contributed by atoms with van der Waals surface area (Å²) in [6, 6.07) is 6.40. The average Bonchev–Trinajstić information content (AvgIpc) is 2.39. The maximum Gasteiger partial charge on any atom is 0.362 e. The number of aliphatic hydroxyl groups is 1. The smallest absolute Gasteiger partial charge is 0.362 e. The summed E-state index contributed by atoms with van der Waals surface area (Å²) in [6.45, 7) is 4.62. The normalized spacial score (nSPS) is 12.2. The van der Waals surface area contributed by atoms with Crippen molar-refractivity contribution < 1.29 is 19.4 Å². The molecule has 0 bridgehead atoms. The van der Waals surface area contributed by atoms with Crippen molar-refractivity contribution in [2.75, 3.05) is 6.61 Å². The highest BCUT2D eigenvalue weighted by Gasteiger charge is 2.13. The highest BCUT2D eigenvalue weighted by molar-refractivity contribution is 5.94. The lowest BCUT2D eigenvalue weighted by molar-refractivity contribution is -0.138. The minimum absolute atomic E-state index is 0.0493. The van der Waals surface area contributed by atoms with Crippen molar-refractivity contribution in [1.29, 1.82) is 0 Å². The summed E-state index contributed by atoms with van der Waals surface area (Å²) in [5, 5.41) is 16.9. The lowest BCUT2D eigenvalue weighted by Crippen LogP contribution is -2.07. The monoisotopic (exact) mass is 276 g/mol. The van der Waals surface area contributed by atoms with E-state index in [1.807, 2.05) is 0 Å². The van der Waals surface area contributed by atoms with E-state index in [0.717, 1.165) is 0 Å². The van der Waals surface area contributed by atoms with Crippen LogP contribution < -0.4 is 0 Å². The average molecular weight is 276 g/mol. The quantitative estimate of drug-likeness (QED) is 0.294. The van der Waals surface area contributed by atoms with Gasteiger partial charge in [-0.2, -0.15) is 5.11 Å². The SMILES string of the molecule is CCOC(=O)/C(N=Nc1ccc(C(C)=O)cc1)=C(\C)O. The second-order valence-corrected chi connectivity index (χ2v) is 3.96. The van der Waals surface area contributed by atoms with Crippen molar-refractivity contribution in [3.8, 4) is 0 Å². The molecule has 0 radical (unpaired) electrons. The number of carbonyl (C=O) groups excluding carboxylic acids is 2. The summed E-state index contributed by atoms with van der Waals surface area (Å²) in [5.41, 5.74) is 0.768. The minimum Gasteiger partial charge on any atom is -0.510 e. The maximum absolute atomic E-state index is 11.5. The highest BCUT2D eigenvalue weighted by atomic mass is 16.5. The Kier molecular flexibility index (Phi) is 5.58. The van der Waals surface area contributed by atoms with E-state index in [1.54, 1.807) is 31.2 Å². The topological polar surface area (TPSA) is 88.3 Å². The molecule has 0 aliphatic carbocycles. The van der Waals surface area contributed by atoms with Crippen molar-refractivity contribution in [2.45, 2.75) is 20.8 Å². The number of benzene rings is 1. The molecule has 1 aromatic carbocycles. The first-order valence-electron chi connectivity index (χ1n) is 6.05. The Balaban J connectivity index is 2.92. The molecule has 20 heavy (non-hydrogen) atoms. The number of ketones is 1. The van der Waals surface area contributed by atoms with Crippen LogP contribution in [0.4, 0.5) is 5.69 Å². The molecule has 0 amide bonds. The molecule has 0 fully saturated rings. The molecule has 0 aliphatic rings. The van der Waals surface area contributed by atoms with Crippen LogP contribution in [-0.4, -0.2) is 23.5 Å². The molecule has 0 saturated carbocycles. The lowest BCUT2D eigenvalue weighted by atomic mass is 10.1. The molecule has 0 saturated heterocycles. The summed E-state index contributed by atoms with van der Waals surface area (Å²) in [5.74, 6) is -1.06. The second kappa shape index (κ2) is 7.18. The summed E-state index contributed by atoms with van der Waals surface area (Å²) in [7, 11) is 0. The third kappa shape index (κ3) is 4.31. The van der Waals surface area contributed by atoms with E-state index in [1.165, 1.54) is 13.8 Å². The number of azo groups is 1. The standard InChI is InChI=1S/C14H16N2O4/c1-4-20-14(19)13(10(3)18)16-15-12-7-5-11(6-8-12)9(2)17/h5-8,18H,4H2,1-3H3/b13-10-,16-15?. The van der Waals surface area contributed by atoms with Gasteiger partial charge in [0.05, 0.1) is 12.3 Å². The van der Waals surface area contributed by atoms with E-state index in [0.29, 0.717) is 11.3 Å². The molecule has 0 atom stereocenters. The molecule has 0 spiro atoms. The van der Waals surface area contributed by atoms with Gasteiger partial charge in [-0.25, -0.2) is 4.79 Å². The van der Waals surface area contributed by atoms with Gasteiger partial charge in [0.1, 0.15) is 5.76 Å². The fraction of sp³-hybridized carbons (Fsp3) is 0.286. The molecule has 0 unspecified atom stereocenters. The number of carbonyl (C=O) groups is 2. The van der Waals surface area contributed by atoms with Gasteiger partial charge in [0.2, 0.25) is 5.70 Å². The van der Waals surface area contributed by atoms with E-state index < -0.39 is 5.97 Å². The molecule has 1 N–H and O–H groups in total. The van der Waals surface area contributed by atoms with Gasteiger partial charge in [-0.05, 0) is 45.0 Å². The first kappa shape index (κ1) is 15.6. The number of ether oxygens (including phenoxy) is 1. The van der Waals surface area contributed by atoms with Gasteiger partial charge in [-0.3, -0.25) is 4.79 Å². The zero-order valence-corrected chi connectivity index (χ0v) is 11.6. The number of rotatable bonds is 5. The molecule has 0 heterocycles.